The number of carbonyl (C=O) groups excluding carboxylic acids is 2. The van der Waals surface area contributed by atoms with Crippen molar-refractivity contribution in [3.8, 4) is 0 Å². The number of amides is 3. The maximum atomic E-state index is 12.9. The number of likely N-dealkylation sites (tertiary alicyclic amines) is 1. The summed E-state index contributed by atoms with van der Waals surface area (Å²) in [7, 11) is 0. The largest absolute Gasteiger partial charge is 0.372 e. The van der Waals surface area contributed by atoms with E-state index in [4.69, 9.17) is 4.74 Å². The monoisotopic (exact) mass is 379 g/mol. The molecule has 3 aliphatic rings. The van der Waals surface area contributed by atoms with E-state index < -0.39 is 0 Å². The molecule has 6 nitrogen and oxygen atoms in total. The number of nitrogens with one attached hydrogen (secondary N) is 1. The van der Waals surface area contributed by atoms with E-state index in [0.29, 0.717) is 32.2 Å². The summed E-state index contributed by atoms with van der Waals surface area (Å²) >= 11 is 0. The van der Waals surface area contributed by atoms with Crippen LogP contribution in [-0.4, -0.2) is 66.2 Å². The van der Waals surface area contributed by atoms with Gasteiger partial charge in [-0.3, -0.25) is 4.79 Å². The second-order valence-electron chi connectivity index (χ2n) is 8.75. The van der Waals surface area contributed by atoms with Crippen LogP contribution in [0.3, 0.4) is 0 Å². The van der Waals surface area contributed by atoms with E-state index in [2.05, 4.69) is 5.32 Å². The lowest BCUT2D eigenvalue weighted by Crippen LogP contribution is -2.53. The van der Waals surface area contributed by atoms with Gasteiger partial charge in [-0.05, 0) is 39.5 Å². The Labute approximate surface area is 164 Å². The molecule has 0 spiro atoms. The van der Waals surface area contributed by atoms with Crippen LogP contribution in [-0.2, 0) is 9.53 Å². The quantitative estimate of drug-likeness (QED) is 0.802. The second kappa shape index (κ2) is 9.76. The molecular weight excluding hydrogens is 342 g/mol. The highest BCUT2D eigenvalue weighted by molar-refractivity contribution is 5.80. The third-order valence-electron chi connectivity index (χ3n) is 6.30. The molecule has 154 valence electrons. The Bertz CT molecular complexity index is 487. The molecule has 27 heavy (non-hydrogen) atoms. The Morgan fingerprint density at radius 3 is 1.96 bits per heavy atom. The molecular formula is C21H37N3O3. The third-order valence-corrected chi connectivity index (χ3v) is 6.30. The summed E-state index contributed by atoms with van der Waals surface area (Å²) in [5, 5.41) is 3.25. The molecule has 3 rings (SSSR count). The minimum absolute atomic E-state index is 0.0490. The number of urea groups is 1. The highest BCUT2D eigenvalue weighted by Gasteiger charge is 2.33. The van der Waals surface area contributed by atoms with Crippen molar-refractivity contribution in [2.75, 3.05) is 26.2 Å². The number of hydrogen-bond donors (Lipinski definition) is 1. The van der Waals surface area contributed by atoms with Gasteiger partial charge in [0.1, 0.15) is 0 Å². The third kappa shape index (κ3) is 5.84. The van der Waals surface area contributed by atoms with Crippen molar-refractivity contribution >= 4 is 11.9 Å². The molecule has 0 aromatic rings. The predicted molar refractivity (Wildman–Crippen MR) is 106 cm³/mol. The van der Waals surface area contributed by atoms with Crippen molar-refractivity contribution in [3.63, 3.8) is 0 Å². The van der Waals surface area contributed by atoms with E-state index in [0.717, 1.165) is 25.7 Å². The van der Waals surface area contributed by atoms with Gasteiger partial charge < -0.3 is 19.9 Å². The van der Waals surface area contributed by atoms with E-state index in [1.807, 2.05) is 23.6 Å². The van der Waals surface area contributed by atoms with Crippen LogP contribution in [0, 0.1) is 5.92 Å². The van der Waals surface area contributed by atoms with Crippen LogP contribution in [0.1, 0.15) is 71.6 Å². The molecule has 2 saturated heterocycles. The Morgan fingerprint density at radius 1 is 0.815 bits per heavy atom. The Balaban J connectivity index is 1.43. The van der Waals surface area contributed by atoms with E-state index >= 15 is 0 Å². The van der Waals surface area contributed by atoms with E-state index in [-0.39, 0.29) is 30.1 Å². The second-order valence-corrected chi connectivity index (χ2v) is 8.75. The molecule has 0 aromatic carbocycles. The van der Waals surface area contributed by atoms with Crippen LogP contribution in [0.2, 0.25) is 0 Å². The molecule has 0 aromatic heterocycles. The number of carbonyl (C=O) groups is 2. The molecule has 1 saturated carbocycles. The lowest BCUT2D eigenvalue weighted by molar-refractivity contribution is -0.148. The summed E-state index contributed by atoms with van der Waals surface area (Å²) in [4.78, 5) is 29.4. The fourth-order valence-corrected chi connectivity index (χ4v) is 4.81. The maximum absolute atomic E-state index is 12.9. The molecule has 2 aliphatic heterocycles. The van der Waals surface area contributed by atoms with E-state index in [9.17, 15) is 9.59 Å². The number of morpholine rings is 1. The zero-order chi connectivity index (χ0) is 19.2. The number of hydrogen-bond acceptors (Lipinski definition) is 3. The molecule has 3 fully saturated rings. The van der Waals surface area contributed by atoms with Gasteiger partial charge in [-0.15, -0.1) is 0 Å². The van der Waals surface area contributed by atoms with Gasteiger partial charge in [0.15, 0.2) is 0 Å². The summed E-state index contributed by atoms with van der Waals surface area (Å²) in [6.45, 7) is 6.79. The van der Waals surface area contributed by atoms with Crippen molar-refractivity contribution < 1.29 is 14.3 Å². The van der Waals surface area contributed by atoms with Gasteiger partial charge in [-0.2, -0.15) is 0 Å². The molecule has 3 amide bonds. The molecule has 0 radical (unpaired) electrons. The van der Waals surface area contributed by atoms with Gasteiger partial charge >= 0.3 is 6.03 Å². The van der Waals surface area contributed by atoms with Gasteiger partial charge in [0.2, 0.25) is 5.91 Å². The fraction of sp³-hybridized carbons (Fsp3) is 0.905. The predicted octanol–water partition coefficient (Wildman–Crippen LogP) is 3.16. The van der Waals surface area contributed by atoms with Crippen LogP contribution in [0.5, 0.6) is 0 Å². The summed E-state index contributed by atoms with van der Waals surface area (Å²) in [5.74, 6) is 0.296. The summed E-state index contributed by atoms with van der Waals surface area (Å²) in [5.41, 5.74) is 0. The lowest BCUT2D eigenvalue weighted by Gasteiger charge is -2.39. The average Bonchev–Trinajstić information content (AvgIpc) is 2.62. The van der Waals surface area contributed by atoms with Gasteiger partial charge in [0, 0.05) is 38.1 Å². The van der Waals surface area contributed by atoms with Crippen LogP contribution in [0.4, 0.5) is 4.79 Å². The number of ether oxygens (including phenoxy) is 1. The first kappa shape index (κ1) is 20.4. The van der Waals surface area contributed by atoms with Gasteiger partial charge in [-0.1, -0.05) is 32.1 Å². The first-order chi connectivity index (χ1) is 13.0. The highest BCUT2D eigenvalue weighted by Crippen LogP contribution is 2.23. The molecule has 2 atom stereocenters. The van der Waals surface area contributed by atoms with E-state index in [1.54, 1.807) is 0 Å². The molecule has 6 heteroatoms. The van der Waals surface area contributed by atoms with Crippen molar-refractivity contribution in [2.24, 2.45) is 5.92 Å². The maximum Gasteiger partial charge on any atom is 0.317 e. The van der Waals surface area contributed by atoms with Gasteiger partial charge in [0.25, 0.3) is 0 Å². The lowest BCUT2D eigenvalue weighted by atomic mass is 9.94. The Hall–Kier alpha value is -1.30. The Kier molecular flexibility index (Phi) is 7.39. The molecule has 0 bridgehead atoms. The fourth-order valence-electron chi connectivity index (χ4n) is 4.81. The van der Waals surface area contributed by atoms with Gasteiger partial charge in [-0.25, -0.2) is 4.79 Å². The molecule has 2 heterocycles. The topological polar surface area (TPSA) is 61.9 Å². The first-order valence-corrected chi connectivity index (χ1v) is 11.0. The van der Waals surface area contributed by atoms with Crippen molar-refractivity contribution in [1.82, 2.24) is 15.1 Å². The smallest absolute Gasteiger partial charge is 0.317 e. The first-order valence-electron chi connectivity index (χ1n) is 11.0. The van der Waals surface area contributed by atoms with Crippen LogP contribution in [0.15, 0.2) is 0 Å². The minimum Gasteiger partial charge on any atom is -0.372 e. The summed E-state index contributed by atoms with van der Waals surface area (Å²) in [6.07, 6.45) is 10.3. The Morgan fingerprint density at radius 2 is 1.37 bits per heavy atom. The molecule has 0 unspecified atom stereocenters. The van der Waals surface area contributed by atoms with E-state index in [1.165, 1.54) is 32.1 Å². The zero-order valence-corrected chi connectivity index (χ0v) is 17.1. The van der Waals surface area contributed by atoms with Crippen molar-refractivity contribution in [1.29, 1.82) is 0 Å². The summed E-state index contributed by atoms with van der Waals surface area (Å²) in [6, 6.07) is 0.397. The van der Waals surface area contributed by atoms with Crippen LogP contribution in [0.25, 0.3) is 0 Å². The number of rotatable bonds is 2. The van der Waals surface area contributed by atoms with Crippen molar-refractivity contribution in [3.05, 3.63) is 0 Å². The minimum atomic E-state index is 0.0490. The van der Waals surface area contributed by atoms with Crippen LogP contribution >= 0.6 is 0 Å². The zero-order valence-electron chi connectivity index (χ0n) is 17.1. The SMILES string of the molecule is C[C@H]1CN(C(=O)C2CCN(C(=O)NC3CCCCCCC3)CC2)C[C@H](C)O1. The molecule has 1 N–H and O–H groups in total. The normalized spacial score (nSPS) is 29.1. The molecule has 1 aliphatic carbocycles. The highest BCUT2D eigenvalue weighted by atomic mass is 16.5. The number of piperidine rings is 1. The van der Waals surface area contributed by atoms with Crippen molar-refractivity contribution in [2.45, 2.75) is 89.9 Å². The number of nitrogens with zero attached hydrogens (tertiary/aromatic N) is 2. The standard InChI is InChI=1S/C21H37N3O3/c1-16-14-24(15-17(2)27-16)20(25)18-10-12-23(13-11-18)21(26)22-19-8-6-4-3-5-7-9-19/h16-19H,3-15H2,1-2H3,(H,22,26)/t16-,17-/m0/s1. The van der Waals surface area contributed by atoms with Crippen LogP contribution < -0.4 is 5.32 Å². The summed E-state index contributed by atoms with van der Waals surface area (Å²) < 4.78 is 5.74. The van der Waals surface area contributed by atoms with Gasteiger partial charge in [0.05, 0.1) is 12.2 Å². The average molecular weight is 380 g/mol.